The van der Waals surface area contributed by atoms with Crippen LogP contribution in [0.1, 0.15) is 13.3 Å². The van der Waals surface area contributed by atoms with Crippen LogP contribution >= 0.6 is 11.8 Å². The molecule has 0 unspecified atom stereocenters. The highest BCUT2D eigenvalue weighted by molar-refractivity contribution is 8.15. The lowest BCUT2D eigenvalue weighted by Crippen LogP contribution is -2.35. The fraction of sp³-hybridized carbons (Fsp3) is 0.333. The number of amides is 1. The molecular weight excluding hydrogens is 334 g/mol. The third-order valence-electron chi connectivity index (χ3n) is 3.41. The normalized spacial score (nSPS) is 24.8. The summed E-state index contributed by atoms with van der Waals surface area (Å²) in [6.45, 7) is 2.07. The van der Waals surface area contributed by atoms with Gasteiger partial charge in [-0.2, -0.15) is 5.10 Å². The number of carbonyl (C=O) groups excluding carboxylic acids is 1. The highest BCUT2D eigenvalue weighted by Crippen LogP contribution is 2.31. The molecule has 8 nitrogen and oxygen atoms in total. The van der Waals surface area contributed by atoms with E-state index in [1.807, 2.05) is 24.3 Å². The molecule has 2 N–H and O–H groups in total. The first-order chi connectivity index (χ1) is 11.5. The van der Waals surface area contributed by atoms with Gasteiger partial charge in [-0.1, -0.05) is 23.9 Å². The summed E-state index contributed by atoms with van der Waals surface area (Å²) in [6.07, 6.45) is -0.629. The van der Waals surface area contributed by atoms with Crippen LogP contribution in [-0.2, 0) is 9.59 Å². The number of carbonyl (C=O) groups is 2. The molecule has 2 aliphatic heterocycles. The van der Waals surface area contributed by atoms with Crippen LogP contribution in [0, 0.1) is 0 Å². The predicted octanol–water partition coefficient (Wildman–Crippen LogP) is 1.26. The molecule has 2 aliphatic rings. The molecule has 1 aromatic carbocycles. The maximum absolute atomic E-state index is 11.6. The van der Waals surface area contributed by atoms with Gasteiger partial charge in [-0.05, 0) is 19.1 Å². The molecule has 1 saturated heterocycles. The molecule has 0 radical (unpaired) electrons. The largest absolute Gasteiger partial charge is 0.485 e. The van der Waals surface area contributed by atoms with Crippen molar-refractivity contribution in [3.63, 3.8) is 0 Å². The molecule has 24 heavy (non-hydrogen) atoms. The van der Waals surface area contributed by atoms with Crippen LogP contribution in [0.15, 0.2) is 34.5 Å². The minimum Gasteiger partial charge on any atom is -0.485 e. The summed E-state index contributed by atoms with van der Waals surface area (Å²) in [5.74, 6) is -0.0841. The lowest BCUT2D eigenvalue weighted by molar-refractivity contribution is -0.138. The first kappa shape index (κ1) is 16.3. The standard InChI is InChI=1S/C15H15N3O5S/c1-8(11-7-22-9-4-2-3-5-10(9)23-11)17-18-15-16-14(21)12(24-15)6-13(19)20/h2-5,11-12H,6-7H2,1H3,(H,19,20)(H,16,18,21)/b17-8+/t11-,12+/m0/s1. The van der Waals surface area contributed by atoms with Gasteiger partial charge in [0.15, 0.2) is 22.8 Å². The number of hydrogen-bond donors (Lipinski definition) is 2. The Balaban J connectivity index is 1.65. The molecule has 2 atom stereocenters. The van der Waals surface area contributed by atoms with E-state index in [0.29, 0.717) is 23.8 Å². The van der Waals surface area contributed by atoms with Crippen LogP contribution in [0.3, 0.4) is 0 Å². The maximum atomic E-state index is 11.6. The molecule has 0 aliphatic carbocycles. The SMILES string of the molecule is C/C(=N\N=C1/NC(=O)[C@@H](CC(=O)O)S1)[C@@H]1COc2ccccc2O1. The van der Waals surface area contributed by atoms with Crippen LogP contribution in [0.2, 0.25) is 0 Å². The molecule has 3 rings (SSSR count). The lowest BCUT2D eigenvalue weighted by atomic mass is 10.2. The first-order valence-electron chi connectivity index (χ1n) is 7.23. The van der Waals surface area contributed by atoms with E-state index in [1.54, 1.807) is 6.92 Å². The Morgan fingerprint density at radius 1 is 1.42 bits per heavy atom. The number of rotatable bonds is 4. The summed E-state index contributed by atoms with van der Waals surface area (Å²) < 4.78 is 11.4. The van der Waals surface area contributed by atoms with E-state index in [4.69, 9.17) is 14.6 Å². The molecule has 0 bridgehead atoms. The number of carboxylic acids is 1. The quantitative estimate of drug-likeness (QED) is 0.626. The van der Waals surface area contributed by atoms with Gasteiger partial charge in [0, 0.05) is 0 Å². The Morgan fingerprint density at radius 2 is 2.17 bits per heavy atom. The fourth-order valence-corrected chi connectivity index (χ4v) is 3.07. The van der Waals surface area contributed by atoms with E-state index >= 15 is 0 Å². The Bertz CT molecular complexity index is 734. The van der Waals surface area contributed by atoms with E-state index in [0.717, 1.165) is 11.8 Å². The van der Waals surface area contributed by atoms with Crippen LogP contribution in [0.25, 0.3) is 0 Å². The maximum Gasteiger partial charge on any atom is 0.305 e. The third kappa shape index (κ3) is 3.67. The van der Waals surface area contributed by atoms with Gasteiger partial charge in [0.1, 0.15) is 11.9 Å². The van der Waals surface area contributed by atoms with Crippen LogP contribution in [0.5, 0.6) is 11.5 Å². The van der Waals surface area contributed by atoms with E-state index < -0.39 is 11.2 Å². The van der Waals surface area contributed by atoms with E-state index in [-0.39, 0.29) is 23.6 Å². The van der Waals surface area contributed by atoms with Crippen LogP contribution in [-0.4, -0.2) is 45.8 Å². The number of fused-ring (bicyclic) bond motifs is 1. The molecule has 1 aromatic rings. The predicted molar refractivity (Wildman–Crippen MR) is 88.7 cm³/mol. The number of carboxylic acid groups (broad SMARTS) is 1. The van der Waals surface area contributed by atoms with E-state index in [9.17, 15) is 9.59 Å². The van der Waals surface area contributed by atoms with Crippen molar-refractivity contribution in [2.75, 3.05) is 6.61 Å². The second-order valence-corrected chi connectivity index (χ2v) is 6.40. The molecule has 1 fully saturated rings. The Kier molecular flexibility index (Phi) is 4.70. The van der Waals surface area contributed by atoms with Gasteiger partial charge in [0.2, 0.25) is 5.91 Å². The van der Waals surface area contributed by atoms with Crippen molar-refractivity contribution >= 4 is 34.5 Å². The van der Waals surface area contributed by atoms with Crippen LogP contribution < -0.4 is 14.8 Å². The average molecular weight is 349 g/mol. The number of nitrogens with one attached hydrogen (secondary N) is 1. The smallest absolute Gasteiger partial charge is 0.305 e. The van der Waals surface area contributed by atoms with Gasteiger partial charge in [-0.25, -0.2) is 0 Å². The molecule has 1 amide bonds. The summed E-state index contributed by atoms with van der Waals surface area (Å²) in [6, 6.07) is 7.35. The van der Waals surface area contributed by atoms with Gasteiger partial charge in [0.05, 0.1) is 12.1 Å². The average Bonchev–Trinajstić information content (AvgIpc) is 2.91. The minimum absolute atomic E-state index is 0.255. The number of hydrogen-bond acceptors (Lipinski definition) is 7. The van der Waals surface area contributed by atoms with E-state index in [1.165, 1.54) is 0 Å². The van der Waals surface area contributed by atoms with Gasteiger partial charge in [-0.15, -0.1) is 5.10 Å². The number of ether oxygens (including phenoxy) is 2. The summed E-state index contributed by atoms with van der Waals surface area (Å²) in [7, 11) is 0. The zero-order valence-corrected chi connectivity index (χ0v) is 13.6. The van der Waals surface area contributed by atoms with Crippen molar-refractivity contribution in [1.82, 2.24) is 5.32 Å². The number of amidine groups is 1. The van der Waals surface area contributed by atoms with Crippen molar-refractivity contribution < 1.29 is 24.2 Å². The lowest BCUT2D eigenvalue weighted by Gasteiger charge is -2.25. The second kappa shape index (κ2) is 6.91. The third-order valence-corrected chi connectivity index (χ3v) is 4.48. The Hall–Kier alpha value is -2.55. The van der Waals surface area contributed by atoms with Gasteiger partial charge in [0.25, 0.3) is 0 Å². The Morgan fingerprint density at radius 3 is 2.92 bits per heavy atom. The van der Waals surface area contributed by atoms with Crippen LogP contribution in [0.4, 0.5) is 0 Å². The van der Waals surface area contributed by atoms with Gasteiger partial charge >= 0.3 is 5.97 Å². The topological polar surface area (TPSA) is 110 Å². The highest BCUT2D eigenvalue weighted by atomic mass is 32.2. The van der Waals surface area contributed by atoms with Crippen molar-refractivity contribution in [2.24, 2.45) is 10.2 Å². The summed E-state index contributed by atoms with van der Waals surface area (Å²) in [5.41, 5.74) is 0.591. The van der Waals surface area contributed by atoms with Crippen molar-refractivity contribution in [2.45, 2.75) is 24.7 Å². The van der Waals surface area contributed by atoms with Crippen molar-refractivity contribution in [3.8, 4) is 11.5 Å². The Labute approximate surface area is 141 Å². The number of para-hydroxylation sites is 2. The number of nitrogens with zero attached hydrogens (tertiary/aromatic N) is 2. The summed E-state index contributed by atoms with van der Waals surface area (Å²) >= 11 is 1.05. The van der Waals surface area contributed by atoms with Gasteiger partial charge in [-0.3, -0.25) is 9.59 Å². The monoisotopic (exact) mass is 349 g/mol. The molecule has 2 heterocycles. The summed E-state index contributed by atoms with van der Waals surface area (Å²) in [4.78, 5) is 22.3. The second-order valence-electron chi connectivity index (χ2n) is 5.20. The zero-order valence-electron chi connectivity index (χ0n) is 12.8. The zero-order chi connectivity index (χ0) is 17.1. The number of thioether (sulfide) groups is 1. The molecule has 0 aromatic heterocycles. The highest BCUT2D eigenvalue weighted by Gasteiger charge is 2.32. The fourth-order valence-electron chi connectivity index (χ4n) is 2.16. The van der Waals surface area contributed by atoms with Gasteiger partial charge < -0.3 is 19.9 Å². The number of aliphatic carboxylic acids is 1. The van der Waals surface area contributed by atoms with Crippen molar-refractivity contribution in [3.05, 3.63) is 24.3 Å². The summed E-state index contributed by atoms with van der Waals surface area (Å²) in [5, 5.41) is 18.9. The molecule has 0 spiro atoms. The molecule has 9 heteroatoms. The first-order valence-corrected chi connectivity index (χ1v) is 8.11. The van der Waals surface area contributed by atoms with E-state index in [2.05, 4.69) is 15.5 Å². The minimum atomic E-state index is -1.03. The van der Waals surface area contributed by atoms with Crippen molar-refractivity contribution in [1.29, 1.82) is 0 Å². The number of benzene rings is 1. The molecule has 0 saturated carbocycles. The molecule has 126 valence electrons. The molecular formula is C15H15N3O5S.